The Bertz CT molecular complexity index is 1400. The lowest BCUT2D eigenvalue weighted by molar-refractivity contribution is -0.121. The first kappa shape index (κ1) is 19.8. The lowest BCUT2D eigenvalue weighted by Crippen LogP contribution is -2.36. The predicted octanol–water partition coefficient (Wildman–Crippen LogP) is 2.92. The van der Waals surface area contributed by atoms with Crippen molar-refractivity contribution in [3.63, 3.8) is 0 Å². The molecule has 1 amide bonds. The molecule has 0 spiro atoms. The molecule has 0 radical (unpaired) electrons. The van der Waals surface area contributed by atoms with Gasteiger partial charge < -0.3 is 9.73 Å². The van der Waals surface area contributed by atoms with E-state index >= 15 is 0 Å². The summed E-state index contributed by atoms with van der Waals surface area (Å²) in [5, 5.41) is 29.5. The maximum absolute atomic E-state index is 12.1. The van der Waals surface area contributed by atoms with Gasteiger partial charge in [-0.25, -0.2) is 4.98 Å². The number of carbonyl (C=O) groups excluding carboxylic acids is 1. The van der Waals surface area contributed by atoms with Gasteiger partial charge in [0.25, 0.3) is 0 Å². The second-order valence-corrected chi connectivity index (χ2v) is 8.63. The van der Waals surface area contributed by atoms with Crippen LogP contribution in [0.15, 0.2) is 40.9 Å². The number of nitriles is 2. The van der Waals surface area contributed by atoms with Crippen LogP contribution in [0.2, 0.25) is 0 Å². The highest BCUT2D eigenvalue weighted by molar-refractivity contribution is 7.18. The largest absolute Gasteiger partial charge is 0.424 e. The number of nitrogens with zero attached hydrogens (tertiary/aromatic N) is 6. The highest BCUT2D eigenvalue weighted by Crippen LogP contribution is 2.34. The Morgan fingerprint density at radius 2 is 2.03 bits per heavy atom. The van der Waals surface area contributed by atoms with Crippen LogP contribution in [0, 0.1) is 22.7 Å². The third-order valence-corrected chi connectivity index (χ3v) is 6.10. The Morgan fingerprint density at radius 1 is 1.19 bits per heavy atom. The number of carbonyl (C=O) groups is 1. The highest BCUT2D eigenvalue weighted by Gasteiger charge is 2.44. The van der Waals surface area contributed by atoms with Crippen molar-refractivity contribution >= 4 is 27.5 Å². The number of pyridine rings is 1. The molecule has 0 bridgehead atoms. The fourth-order valence-corrected chi connectivity index (χ4v) is 4.23. The quantitative estimate of drug-likeness (QED) is 0.481. The van der Waals surface area contributed by atoms with E-state index in [9.17, 15) is 4.79 Å². The van der Waals surface area contributed by atoms with Crippen molar-refractivity contribution in [2.75, 3.05) is 0 Å². The summed E-state index contributed by atoms with van der Waals surface area (Å²) in [6, 6.07) is 13.6. The van der Waals surface area contributed by atoms with Crippen LogP contribution in [0.25, 0.3) is 21.5 Å². The first-order valence-corrected chi connectivity index (χ1v) is 10.7. The number of thiazole rings is 1. The molecule has 0 saturated heterocycles. The van der Waals surface area contributed by atoms with Gasteiger partial charge in [-0.15, -0.1) is 21.5 Å². The number of benzene rings is 1. The van der Waals surface area contributed by atoms with Gasteiger partial charge in [0, 0.05) is 11.8 Å². The number of fused-ring (bicyclic) bond motifs is 1. The normalized spacial score (nSPS) is 13.9. The van der Waals surface area contributed by atoms with E-state index in [1.165, 1.54) is 11.3 Å². The molecule has 1 aliphatic rings. The minimum atomic E-state index is -0.715. The first-order chi connectivity index (χ1) is 15.6. The van der Waals surface area contributed by atoms with E-state index in [0.29, 0.717) is 30.7 Å². The molecule has 1 aliphatic carbocycles. The van der Waals surface area contributed by atoms with Crippen LogP contribution in [0.1, 0.15) is 35.2 Å². The molecule has 1 N–H and O–H groups in total. The van der Waals surface area contributed by atoms with E-state index in [0.717, 1.165) is 26.5 Å². The molecule has 4 aromatic rings. The molecule has 0 unspecified atom stereocenters. The van der Waals surface area contributed by atoms with Gasteiger partial charge in [-0.2, -0.15) is 10.5 Å². The maximum atomic E-state index is 12.1. The van der Waals surface area contributed by atoms with Crippen LogP contribution in [0.5, 0.6) is 0 Å². The molecule has 1 saturated carbocycles. The summed E-state index contributed by atoms with van der Waals surface area (Å²) in [7, 11) is 0. The molecule has 3 heterocycles. The summed E-state index contributed by atoms with van der Waals surface area (Å²) in [5.41, 5.74) is 2.38. The topological polar surface area (TPSA) is 141 Å². The van der Waals surface area contributed by atoms with Crippen LogP contribution >= 0.6 is 11.3 Å². The lowest BCUT2D eigenvalue weighted by atomic mass is 10.1. The summed E-state index contributed by atoms with van der Waals surface area (Å²) in [5.74, 6) is 0.284. The third kappa shape index (κ3) is 4.04. The van der Waals surface area contributed by atoms with Crippen molar-refractivity contribution in [3.05, 3.63) is 58.9 Å². The molecule has 3 aromatic heterocycles. The molecular weight excluding hydrogens is 426 g/mol. The number of amides is 1. The van der Waals surface area contributed by atoms with E-state index in [1.54, 1.807) is 12.3 Å². The molecule has 0 aliphatic heterocycles. The van der Waals surface area contributed by atoms with Crippen molar-refractivity contribution in [2.24, 2.45) is 0 Å². The fraction of sp³-hybridized carbons (Fsp3) is 0.227. The van der Waals surface area contributed by atoms with E-state index in [4.69, 9.17) is 14.9 Å². The minimum absolute atomic E-state index is 0.0583. The smallest absolute Gasteiger partial charge is 0.230 e. The lowest BCUT2D eigenvalue weighted by Gasteiger charge is -2.06. The molecule has 1 fully saturated rings. The fourth-order valence-electron chi connectivity index (χ4n) is 3.24. The molecule has 32 heavy (non-hydrogen) atoms. The summed E-state index contributed by atoms with van der Waals surface area (Å²) in [6.07, 6.45) is 3.20. The minimum Gasteiger partial charge on any atom is -0.424 e. The van der Waals surface area contributed by atoms with Gasteiger partial charge in [0.05, 0.1) is 34.0 Å². The Labute approximate surface area is 186 Å². The zero-order valence-electron chi connectivity index (χ0n) is 16.7. The standard InChI is InChI=1S/C22H15N7O2S/c23-10-13-1-3-15(25-11-13)14-2-4-16-17(7-14)32-21(26-16)9-20-29-28-19(31-20)8-18(30)27-22(12-24)5-6-22/h1-4,7,11H,5-6,8-9H2,(H,27,30). The number of nitrogens with one attached hydrogen (secondary N) is 1. The van der Waals surface area contributed by atoms with E-state index in [2.05, 4.69) is 37.6 Å². The van der Waals surface area contributed by atoms with Crippen LogP contribution < -0.4 is 5.32 Å². The maximum Gasteiger partial charge on any atom is 0.230 e. The van der Waals surface area contributed by atoms with Crippen molar-refractivity contribution in [1.82, 2.24) is 25.5 Å². The van der Waals surface area contributed by atoms with Crippen LogP contribution in [-0.2, 0) is 17.6 Å². The molecule has 156 valence electrons. The van der Waals surface area contributed by atoms with Gasteiger partial charge in [-0.3, -0.25) is 9.78 Å². The SMILES string of the molecule is N#Cc1ccc(-c2ccc3nc(Cc4nnc(CC(=O)NC5(C#N)CC5)o4)sc3c2)nc1. The summed E-state index contributed by atoms with van der Waals surface area (Å²) < 4.78 is 6.60. The first-order valence-electron chi connectivity index (χ1n) is 9.85. The summed E-state index contributed by atoms with van der Waals surface area (Å²) >= 11 is 1.52. The van der Waals surface area contributed by atoms with Crippen molar-refractivity contribution in [2.45, 2.75) is 31.2 Å². The Balaban J connectivity index is 1.28. The summed E-state index contributed by atoms with van der Waals surface area (Å²) in [6.45, 7) is 0. The monoisotopic (exact) mass is 441 g/mol. The summed E-state index contributed by atoms with van der Waals surface area (Å²) in [4.78, 5) is 21.0. The number of hydrogen-bond donors (Lipinski definition) is 1. The van der Waals surface area contributed by atoms with Gasteiger partial charge >= 0.3 is 0 Å². The Hall–Kier alpha value is -4.15. The average molecular weight is 441 g/mol. The highest BCUT2D eigenvalue weighted by atomic mass is 32.1. The van der Waals surface area contributed by atoms with Gasteiger partial charge in [-0.05, 0) is 37.1 Å². The van der Waals surface area contributed by atoms with Crippen molar-refractivity contribution in [1.29, 1.82) is 10.5 Å². The van der Waals surface area contributed by atoms with E-state index < -0.39 is 5.54 Å². The molecule has 10 heteroatoms. The zero-order valence-corrected chi connectivity index (χ0v) is 17.5. The molecule has 9 nitrogen and oxygen atoms in total. The third-order valence-electron chi connectivity index (χ3n) is 5.09. The van der Waals surface area contributed by atoms with Gasteiger partial charge in [-0.1, -0.05) is 6.07 Å². The van der Waals surface area contributed by atoms with Crippen LogP contribution in [0.4, 0.5) is 0 Å². The molecular formula is C22H15N7O2S. The Morgan fingerprint density at radius 3 is 2.75 bits per heavy atom. The second-order valence-electron chi connectivity index (χ2n) is 7.52. The molecule has 1 aromatic carbocycles. The van der Waals surface area contributed by atoms with Crippen LogP contribution in [0.3, 0.4) is 0 Å². The van der Waals surface area contributed by atoms with Gasteiger partial charge in [0.15, 0.2) is 0 Å². The number of aromatic nitrogens is 4. The van der Waals surface area contributed by atoms with Crippen LogP contribution in [-0.4, -0.2) is 31.6 Å². The Kier molecular flexibility index (Phi) is 4.85. The van der Waals surface area contributed by atoms with E-state index in [1.807, 2.05) is 24.3 Å². The zero-order chi connectivity index (χ0) is 22.1. The average Bonchev–Trinajstić information content (AvgIpc) is 3.24. The molecule has 0 atom stereocenters. The van der Waals surface area contributed by atoms with Crippen molar-refractivity contribution < 1.29 is 9.21 Å². The number of hydrogen-bond acceptors (Lipinski definition) is 9. The number of rotatable bonds is 6. The van der Waals surface area contributed by atoms with Gasteiger partial charge in [0.1, 0.15) is 23.0 Å². The predicted molar refractivity (Wildman–Crippen MR) is 114 cm³/mol. The van der Waals surface area contributed by atoms with E-state index in [-0.39, 0.29) is 18.2 Å². The van der Waals surface area contributed by atoms with Gasteiger partial charge in [0.2, 0.25) is 17.7 Å². The van der Waals surface area contributed by atoms with Crippen molar-refractivity contribution in [3.8, 4) is 23.4 Å². The second kappa shape index (κ2) is 7.84. The molecule has 5 rings (SSSR count).